The fourth-order valence-electron chi connectivity index (χ4n) is 2.11. The molecule has 2 amide bonds. The Morgan fingerprint density at radius 1 is 1.19 bits per heavy atom. The Morgan fingerprint density at radius 2 is 1.89 bits per heavy atom. The van der Waals surface area contributed by atoms with E-state index in [1.165, 1.54) is 30.3 Å². The molecule has 0 unspecified atom stereocenters. The molecule has 2 aromatic rings. The zero-order valence-electron chi connectivity index (χ0n) is 13.8. The summed E-state index contributed by atoms with van der Waals surface area (Å²) in [4.78, 5) is 44.9. The van der Waals surface area contributed by atoms with Crippen LogP contribution in [0.4, 0.5) is 10.1 Å². The number of hydrogen-bond donors (Lipinski definition) is 2. The normalized spacial score (nSPS) is 10.1. The Bertz CT molecular complexity index is 915. The lowest BCUT2D eigenvalue weighted by Gasteiger charge is -2.08. The molecule has 0 radical (unpaired) electrons. The van der Waals surface area contributed by atoms with Crippen LogP contribution in [0.1, 0.15) is 26.3 Å². The van der Waals surface area contributed by atoms with Crippen molar-refractivity contribution in [3.05, 3.63) is 75.1 Å². The van der Waals surface area contributed by atoms with Gasteiger partial charge in [0.1, 0.15) is 19.0 Å². The van der Waals surface area contributed by atoms with Gasteiger partial charge in [-0.15, -0.1) is 0 Å². The molecule has 0 spiro atoms. The minimum absolute atomic E-state index is 0.0405. The van der Waals surface area contributed by atoms with E-state index < -0.39 is 47.4 Å². The predicted octanol–water partition coefficient (Wildman–Crippen LogP) is 1.31. The Kier molecular flexibility index (Phi) is 6.15. The van der Waals surface area contributed by atoms with Crippen LogP contribution in [0.25, 0.3) is 0 Å². The molecule has 10 heteroatoms. The van der Waals surface area contributed by atoms with Crippen LogP contribution in [0.5, 0.6) is 0 Å². The number of amides is 2. The number of halogens is 1. The summed E-state index contributed by atoms with van der Waals surface area (Å²) in [6.07, 6.45) is 0. The molecule has 0 aliphatic rings. The minimum Gasteiger partial charge on any atom is -0.459 e. The first-order valence-corrected chi connectivity index (χ1v) is 7.55. The van der Waals surface area contributed by atoms with Crippen molar-refractivity contribution in [2.45, 2.75) is 6.61 Å². The van der Waals surface area contributed by atoms with Crippen molar-refractivity contribution in [2.24, 2.45) is 5.73 Å². The molecule has 27 heavy (non-hydrogen) atoms. The summed E-state index contributed by atoms with van der Waals surface area (Å²) in [5.41, 5.74) is 4.38. The third-order valence-corrected chi connectivity index (χ3v) is 3.47. The largest absolute Gasteiger partial charge is 0.459 e. The maximum atomic E-state index is 13.5. The Hall–Kier alpha value is -3.82. The number of nitro groups is 1. The number of nitrogens with zero attached hydrogens (tertiary/aromatic N) is 1. The van der Waals surface area contributed by atoms with E-state index in [0.29, 0.717) is 0 Å². The summed E-state index contributed by atoms with van der Waals surface area (Å²) in [7, 11) is 0. The van der Waals surface area contributed by atoms with Crippen molar-refractivity contribution in [2.75, 3.05) is 6.54 Å². The lowest BCUT2D eigenvalue weighted by Crippen LogP contribution is -2.31. The monoisotopic (exact) mass is 375 g/mol. The van der Waals surface area contributed by atoms with E-state index in [9.17, 15) is 28.9 Å². The predicted molar refractivity (Wildman–Crippen MR) is 90.1 cm³/mol. The van der Waals surface area contributed by atoms with Crippen molar-refractivity contribution in [3.63, 3.8) is 0 Å². The first-order valence-electron chi connectivity index (χ1n) is 7.55. The molecule has 0 heterocycles. The van der Waals surface area contributed by atoms with Gasteiger partial charge in [0.25, 0.3) is 11.6 Å². The maximum Gasteiger partial charge on any atom is 0.325 e. The molecule has 0 bridgehead atoms. The lowest BCUT2D eigenvalue weighted by atomic mass is 10.1. The molecule has 0 saturated carbocycles. The second kappa shape index (κ2) is 8.52. The van der Waals surface area contributed by atoms with Crippen LogP contribution in [-0.4, -0.2) is 29.3 Å². The molecule has 0 aliphatic carbocycles. The van der Waals surface area contributed by atoms with Crippen LogP contribution >= 0.6 is 0 Å². The van der Waals surface area contributed by atoms with Crippen LogP contribution in [0, 0.1) is 15.9 Å². The molecule has 0 atom stereocenters. The number of carbonyl (C=O) groups is 3. The number of nitro benzene ring substituents is 1. The standard InChI is InChI=1S/C17H14FN3O6/c18-13-4-2-1-3-12(13)17(24)20-8-15(22)27-9-11-6-5-10(16(19)23)7-14(11)21(25)26/h1-7H,8-9H2,(H2,19,23)(H,20,24). The van der Waals surface area contributed by atoms with E-state index in [0.717, 1.165) is 12.1 Å². The number of primary amides is 1. The van der Waals surface area contributed by atoms with Gasteiger partial charge in [0.15, 0.2) is 0 Å². The summed E-state index contributed by atoms with van der Waals surface area (Å²) in [6.45, 7) is -1.01. The zero-order valence-corrected chi connectivity index (χ0v) is 13.8. The first kappa shape index (κ1) is 19.5. The van der Waals surface area contributed by atoms with E-state index in [1.54, 1.807) is 0 Å². The maximum absolute atomic E-state index is 13.5. The highest BCUT2D eigenvalue weighted by molar-refractivity contribution is 5.96. The second-order valence-corrected chi connectivity index (χ2v) is 5.29. The Labute approximate surface area is 152 Å². The van der Waals surface area contributed by atoms with Gasteiger partial charge in [-0.25, -0.2) is 4.39 Å². The highest BCUT2D eigenvalue weighted by Gasteiger charge is 2.18. The number of esters is 1. The molecular formula is C17H14FN3O6. The van der Waals surface area contributed by atoms with Crippen molar-refractivity contribution in [1.29, 1.82) is 0 Å². The molecule has 9 nitrogen and oxygen atoms in total. The average molecular weight is 375 g/mol. The molecule has 2 rings (SSSR count). The Balaban J connectivity index is 1.96. The lowest BCUT2D eigenvalue weighted by molar-refractivity contribution is -0.385. The van der Waals surface area contributed by atoms with Gasteiger partial charge in [0, 0.05) is 11.6 Å². The number of hydrogen-bond acceptors (Lipinski definition) is 6. The van der Waals surface area contributed by atoms with E-state index in [4.69, 9.17) is 10.5 Å². The van der Waals surface area contributed by atoms with Gasteiger partial charge in [-0.3, -0.25) is 24.5 Å². The van der Waals surface area contributed by atoms with E-state index in [2.05, 4.69) is 5.32 Å². The van der Waals surface area contributed by atoms with Gasteiger partial charge < -0.3 is 15.8 Å². The number of nitrogens with two attached hydrogens (primary N) is 1. The van der Waals surface area contributed by atoms with Gasteiger partial charge in [-0.1, -0.05) is 12.1 Å². The number of nitrogens with one attached hydrogen (secondary N) is 1. The fraction of sp³-hybridized carbons (Fsp3) is 0.118. The quantitative estimate of drug-likeness (QED) is 0.424. The van der Waals surface area contributed by atoms with Gasteiger partial charge in [-0.2, -0.15) is 0 Å². The molecular weight excluding hydrogens is 361 g/mol. The highest BCUT2D eigenvalue weighted by Crippen LogP contribution is 2.21. The molecule has 0 aliphatic heterocycles. The van der Waals surface area contributed by atoms with Crippen molar-refractivity contribution in [1.82, 2.24) is 5.32 Å². The van der Waals surface area contributed by atoms with Gasteiger partial charge in [0.05, 0.1) is 16.1 Å². The molecule has 3 N–H and O–H groups in total. The number of ether oxygens (including phenoxy) is 1. The molecule has 0 aromatic heterocycles. The third-order valence-electron chi connectivity index (χ3n) is 3.47. The fourth-order valence-corrected chi connectivity index (χ4v) is 2.11. The summed E-state index contributed by atoms with van der Waals surface area (Å²) in [5, 5.41) is 13.3. The van der Waals surface area contributed by atoms with Crippen LogP contribution < -0.4 is 11.1 Å². The number of benzene rings is 2. The van der Waals surface area contributed by atoms with Crippen LogP contribution in [0.15, 0.2) is 42.5 Å². The molecule has 140 valence electrons. The summed E-state index contributed by atoms with van der Waals surface area (Å²) in [6, 6.07) is 8.71. The van der Waals surface area contributed by atoms with Gasteiger partial charge in [0.2, 0.25) is 5.91 Å². The molecule has 0 saturated heterocycles. The van der Waals surface area contributed by atoms with E-state index >= 15 is 0 Å². The first-order chi connectivity index (χ1) is 12.8. The minimum atomic E-state index is -0.882. The zero-order chi connectivity index (χ0) is 20.0. The Morgan fingerprint density at radius 3 is 2.52 bits per heavy atom. The second-order valence-electron chi connectivity index (χ2n) is 5.29. The summed E-state index contributed by atoms with van der Waals surface area (Å²) >= 11 is 0. The van der Waals surface area contributed by atoms with Crippen LogP contribution in [0.2, 0.25) is 0 Å². The van der Waals surface area contributed by atoms with Crippen molar-refractivity contribution in [3.8, 4) is 0 Å². The van der Waals surface area contributed by atoms with E-state index in [-0.39, 0.29) is 16.7 Å². The SMILES string of the molecule is NC(=O)c1ccc(COC(=O)CNC(=O)c2ccccc2F)c([N+](=O)[O-])c1. The van der Waals surface area contributed by atoms with Crippen molar-refractivity contribution < 1.29 is 28.4 Å². The van der Waals surface area contributed by atoms with Gasteiger partial charge >= 0.3 is 5.97 Å². The van der Waals surface area contributed by atoms with Crippen LogP contribution in [0.3, 0.4) is 0 Å². The number of rotatable bonds is 7. The summed E-state index contributed by atoms with van der Waals surface area (Å²) < 4.78 is 18.3. The van der Waals surface area contributed by atoms with Crippen molar-refractivity contribution >= 4 is 23.5 Å². The number of carbonyl (C=O) groups excluding carboxylic acids is 3. The molecule has 0 fully saturated rings. The third kappa shape index (κ3) is 5.08. The average Bonchev–Trinajstić information content (AvgIpc) is 2.64. The summed E-state index contributed by atoms with van der Waals surface area (Å²) in [5.74, 6) is -3.26. The van der Waals surface area contributed by atoms with Crippen LogP contribution in [-0.2, 0) is 16.1 Å². The highest BCUT2D eigenvalue weighted by atomic mass is 19.1. The molecule has 2 aromatic carbocycles. The van der Waals surface area contributed by atoms with Gasteiger partial charge in [-0.05, 0) is 24.3 Å². The topological polar surface area (TPSA) is 142 Å². The van der Waals surface area contributed by atoms with E-state index in [1.807, 2.05) is 0 Å². The smallest absolute Gasteiger partial charge is 0.325 e.